The van der Waals surface area contributed by atoms with Crippen molar-refractivity contribution >= 4 is 12.1 Å². The molecular formula is C15H27NO6. The average molecular weight is 317 g/mol. The summed E-state index contributed by atoms with van der Waals surface area (Å²) in [7, 11) is 0. The molecule has 22 heavy (non-hydrogen) atoms. The third kappa shape index (κ3) is 5.14. The Morgan fingerprint density at radius 2 is 2.00 bits per heavy atom. The van der Waals surface area contributed by atoms with Gasteiger partial charge in [-0.05, 0) is 27.2 Å². The van der Waals surface area contributed by atoms with Crippen molar-refractivity contribution in [2.24, 2.45) is 0 Å². The Bertz CT molecular complexity index is 405. The molecule has 1 fully saturated rings. The van der Waals surface area contributed by atoms with E-state index in [0.717, 1.165) is 17.7 Å². The highest BCUT2D eigenvalue weighted by molar-refractivity contribution is 5.82. The van der Waals surface area contributed by atoms with Gasteiger partial charge in [-0.3, -0.25) is 4.90 Å². The Morgan fingerprint density at radius 3 is 2.50 bits per heavy atom. The quantitative estimate of drug-likeness (QED) is 0.581. The van der Waals surface area contributed by atoms with Gasteiger partial charge in [-0.25, -0.2) is 9.59 Å². The van der Waals surface area contributed by atoms with Gasteiger partial charge >= 0.3 is 12.1 Å². The molecule has 1 rings (SSSR count). The van der Waals surface area contributed by atoms with E-state index in [9.17, 15) is 19.8 Å². The van der Waals surface area contributed by atoms with Crippen molar-refractivity contribution in [3.8, 4) is 0 Å². The summed E-state index contributed by atoms with van der Waals surface area (Å²) in [5, 5.41) is 19.5. The molecule has 0 saturated carbocycles. The Hall–Kier alpha value is -1.34. The number of amides is 1. The molecule has 0 radical (unpaired) electrons. The maximum absolute atomic E-state index is 12.2. The van der Waals surface area contributed by atoms with Crippen LogP contribution in [0.5, 0.6) is 0 Å². The van der Waals surface area contributed by atoms with Gasteiger partial charge in [-0.1, -0.05) is 13.3 Å². The van der Waals surface area contributed by atoms with Crippen LogP contribution in [0.15, 0.2) is 0 Å². The second-order valence-corrected chi connectivity index (χ2v) is 6.73. The van der Waals surface area contributed by atoms with Crippen LogP contribution >= 0.6 is 0 Å². The summed E-state index contributed by atoms with van der Waals surface area (Å²) in [6.07, 6.45) is 0.853. The molecule has 0 spiro atoms. The van der Waals surface area contributed by atoms with Crippen LogP contribution in [-0.2, 0) is 14.3 Å². The minimum absolute atomic E-state index is 0.0618. The Labute approximate surface area is 131 Å². The van der Waals surface area contributed by atoms with Gasteiger partial charge in [0.25, 0.3) is 0 Å². The molecule has 1 saturated heterocycles. The first-order valence-corrected chi connectivity index (χ1v) is 7.61. The topological polar surface area (TPSA) is 96.3 Å². The SMILES string of the molecule is CCCCOC(=O)[C@@H]1C[C@@](O)(CO)CN1C(=O)OC(C)(C)C. The Balaban J connectivity index is 2.81. The molecule has 7 heteroatoms. The van der Waals surface area contributed by atoms with Crippen molar-refractivity contribution in [2.45, 2.75) is 64.2 Å². The lowest BCUT2D eigenvalue weighted by Crippen LogP contribution is -2.45. The lowest BCUT2D eigenvalue weighted by atomic mass is 10.0. The molecule has 1 heterocycles. The number of aliphatic hydroxyl groups is 2. The zero-order chi connectivity index (χ0) is 17.0. The number of hydrogen-bond acceptors (Lipinski definition) is 6. The number of β-amino-alcohol motifs (C(OH)–C–C–N with tert-alkyl or cyclic N) is 1. The number of esters is 1. The third-order valence-corrected chi connectivity index (χ3v) is 3.35. The highest BCUT2D eigenvalue weighted by Crippen LogP contribution is 2.29. The number of carbonyl (C=O) groups is 2. The molecule has 1 aliphatic heterocycles. The second kappa shape index (κ2) is 7.28. The van der Waals surface area contributed by atoms with Crippen molar-refractivity contribution in [2.75, 3.05) is 19.8 Å². The molecule has 128 valence electrons. The van der Waals surface area contributed by atoms with E-state index >= 15 is 0 Å². The van der Waals surface area contributed by atoms with E-state index in [2.05, 4.69) is 0 Å². The number of rotatable bonds is 5. The van der Waals surface area contributed by atoms with Crippen molar-refractivity contribution in [1.82, 2.24) is 4.90 Å². The van der Waals surface area contributed by atoms with Crippen LogP contribution in [0.1, 0.15) is 47.0 Å². The second-order valence-electron chi connectivity index (χ2n) is 6.73. The standard InChI is InChI=1S/C15H27NO6/c1-5-6-7-21-12(18)11-8-15(20,10-17)9-16(11)13(19)22-14(2,3)4/h11,17,20H,5-10H2,1-4H3/t11-,15-/m0/s1. The van der Waals surface area contributed by atoms with E-state index in [0.29, 0.717) is 0 Å². The molecule has 0 unspecified atom stereocenters. The van der Waals surface area contributed by atoms with Crippen molar-refractivity contribution in [3.63, 3.8) is 0 Å². The molecule has 0 bridgehead atoms. The number of unbranched alkanes of at least 4 members (excludes halogenated alkanes) is 1. The summed E-state index contributed by atoms with van der Waals surface area (Å²) >= 11 is 0. The van der Waals surface area contributed by atoms with Crippen LogP contribution < -0.4 is 0 Å². The summed E-state index contributed by atoms with van der Waals surface area (Å²) in [6.45, 7) is 6.69. The number of carbonyl (C=O) groups excluding carboxylic acids is 2. The van der Waals surface area contributed by atoms with Gasteiger partial charge in [0.1, 0.15) is 17.2 Å². The van der Waals surface area contributed by atoms with Gasteiger partial charge in [-0.15, -0.1) is 0 Å². The molecule has 0 aliphatic carbocycles. The fourth-order valence-corrected chi connectivity index (χ4v) is 2.21. The van der Waals surface area contributed by atoms with E-state index in [1.807, 2.05) is 6.92 Å². The van der Waals surface area contributed by atoms with E-state index in [1.165, 1.54) is 0 Å². The molecule has 2 N–H and O–H groups in total. The van der Waals surface area contributed by atoms with Gasteiger partial charge < -0.3 is 19.7 Å². The fourth-order valence-electron chi connectivity index (χ4n) is 2.21. The van der Waals surface area contributed by atoms with E-state index in [-0.39, 0.29) is 19.6 Å². The number of hydrogen-bond donors (Lipinski definition) is 2. The largest absolute Gasteiger partial charge is 0.464 e. The minimum Gasteiger partial charge on any atom is -0.464 e. The number of likely N-dealkylation sites (tertiary alicyclic amines) is 1. The summed E-state index contributed by atoms with van der Waals surface area (Å²) in [4.78, 5) is 25.5. The van der Waals surface area contributed by atoms with Crippen LogP contribution in [0.25, 0.3) is 0 Å². The first kappa shape index (κ1) is 18.7. The third-order valence-electron chi connectivity index (χ3n) is 3.35. The smallest absolute Gasteiger partial charge is 0.411 e. The van der Waals surface area contributed by atoms with Crippen LogP contribution in [0, 0.1) is 0 Å². The van der Waals surface area contributed by atoms with E-state index in [1.54, 1.807) is 20.8 Å². The van der Waals surface area contributed by atoms with Gasteiger partial charge in [-0.2, -0.15) is 0 Å². The number of ether oxygens (including phenoxy) is 2. The van der Waals surface area contributed by atoms with Crippen LogP contribution in [0.2, 0.25) is 0 Å². The van der Waals surface area contributed by atoms with Crippen LogP contribution in [-0.4, -0.2) is 64.2 Å². The van der Waals surface area contributed by atoms with Crippen LogP contribution in [0.4, 0.5) is 4.79 Å². The predicted octanol–water partition coefficient (Wildman–Crippen LogP) is 1.06. The molecule has 1 aliphatic rings. The monoisotopic (exact) mass is 317 g/mol. The maximum atomic E-state index is 12.2. The molecule has 0 aromatic rings. The summed E-state index contributed by atoms with van der Waals surface area (Å²) in [5.74, 6) is -0.580. The number of nitrogens with zero attached hydrogens (tertiary/aromatic N) is 1. The summed E-state index contributed by atoms with van der Waals surface area (Å²) in [6, 6.07) is -0.941. The van der Waals surface area contributed by atoms with Crippen LogP contribution in [0.3, 0.4) is 0 Å². The lowest BCUT2D eigenvalue weighted by molar-refractivity contribution is -0.149. The highest BCUT2D eigenvalue weighted by Gasteiger charge is 2.49. The Kier molecular flexibility index (Phi) is 6.19. The first-order valence-electron chi connectivity index (χ1n) is 7.61. The fraction of sp³-hybridized carbons (Fsp3) is 0.867. The van der Waals surface area contributed by atoms with E-state index < -0.39 is 35.9 Å². The normalized spacial score (nSPS) is 25.2. The molecule has 7 nitrogen and oxygen atoms in total. The summed E-state index contributed by atoms with van der Waals surface area (Å²) in [5.41, 5.74) is -2.22. The van der Waals surface area contributed by atoms with Crippen molar-refractivity contribution in [1.29, 1.82) is 0 Å². The van der Waals surface area contributed by atoms with E-state index in [4.69, 9.17) is 9.47 Å². The highest BCUT2D eigenvalue weighted by atomic mass is 16.6. The average Bonchev–Trinajstić information content (AvgIpc) is 2.76. The first-order chi connectivity index (χ1) is 10.1. The van der Waals surface area contributed by atoms with Gasteiger partial charge in [0.05, 0.1) is 19.8 Å². The van der Waals surface area contributed by atoms with Crippen molar-refractivity contribution < 1.29 is 29.3 Å². The van der Waals surface area contributed by atoms with Crippen molar-refractivity contribution in [3.05, 3.63) is 0 Å². The molecule has 2 atom stereocenters. The predicted molar refractivity (Wildman–Crippen MR) is 79.2 cm³/mol. The lowest BCUT2D eigenvalue weighted by Gasteiger charge is -2.27. The molecule has 0 aromatic carbocycles. The molecule has 1 amide bonds. The Morgan fingerprint density at radius 1 is 1.36 bits per heavy atom. The molecular weight excluding hydrogens is 290 g/mol. The zero-order valence-electron chi connectivity index (χ0n) is 13.8. The molecule has 0 aromatic heterocycles. The van der Waals surface area contributed by atoms with Gasteiger partial charge in [0, 0.05) is 6.42 Å². The maximum Gasteiger partial charge on any atom is 0.411 e. The summed E-state index contributed by atoms with van der Waals surface area (Å²) < 4.78 is 10.4. The van der Waals surface area contributed by atoms with Gasteiger partial charge in [0.15, 0.2) is 0 Å². The van der Waals surface area contributed by atoms with Gasteiger partial charge in [0.2, 0.25) is 0 Å². The number of aliphatic hydroxyl groups excluding tert-OH is 1. The zero-order valence-corrected chi connectivity index (χ0v) is 13.8. The minimum atomic E-state index is -1.51.